The van der Waals surface area contributed by atoms with Gasteiger partial charge < -0.3 is 10.0 Å². The van der Waals surface area contributed by atoms with Gasteiger partial charge in [-0.15, -0.1) is 0 Å². The van der Waals surface area contributed by atoms with Gasteiger partial charge in [-0.05, 0) is 94.5 Å². The summed E-state index contributed by atoms with van der Waals surface area (Å²) in [6.07, 6.45) is 10.1. The van der Waals surface area contributed by atoms with E-state index in [-0.39, 0.29) is 22.9 Å². The predicted molar refractivity (Wildman–Crippen MR) is 105 cm³/mol. The molecule has 4 rings (SSSR count). The van der Waals surface area contributed by atoms with Crippen LogP contribution in [-0.2, 0) is 4.79 Å². The normalized spacial score (nSPS) is 50.7. The first-order valence-electron chi connectivity index (χ1n) is 10.7. The van der Waals surface area contributed by atoms with Crippen molar-refractivity contribution in [3.05, 3.63) is 11.6 Å². The molecule has 0 aromatic carbocycles. The Labute approximate surface area is 159 Å². The van der Waals surface area contributed by atoms with Crippen LogP contribution >= 0.6 is 0 Å². The molecule has 0 amide bonds. The maximum atomic E-state index is 12.6. The van der Waals surface area contributed by atoms with Crippen molar-refractivity contribution >= 4 is 5.78 Å². The third-order valence-corrected chi connectivity index (χ3v) is 9.21. The molecule has 0 unspecified atom stereocenters. The zero-order chi connectivity index (χ0) is 18.9. The van der Waals surface area contributed by atoms with E-state index in [4.69, 9.17) is 0 Å². The number of aliphatic hydroxyl groups excluding tert-OH is 1. The average Bonchev–Trinajstić information content (AvgIpc) is 2.89. The number of nitrogens with zero attached hydrogens (tertiary/aromatic N) is 1. The minimum Gasteiger partial charge on any atom is -0.393 e. The standard InChI is InChI=1S/C23H37NO2/c1-14(25)21-20(24(4)5)13-19-17-7-6-15-12-16(26)8-10-22(15,2)18(17)9-11-23(19,21)3/h6,16-21,26H,7-13H2,1-5H3/t16-,17-,18+,19+,20+,21-,22-,23-/m0/s1. The number of rotatable bonds is 2. The molecule has 4 aliphatic rings. The molecular formula is C23H37NO2. The Hall–Kier alpha value is -0.670. The lowest BCUT2D eigenvalue weighted by Gasteiger charge is -2.57. The second-order valence-corrected chi connectivity index (χ2v) is 10.6. The molecule has 4 aliphatic carbocycles. The first kappa shape index (κ1) is 18.7. The number of allylic oxidation sites excluding steroid dienone is 1. The largest absolute Gasteiger partial charge is 0.393 e. The fourth-order valence-corrected chi connectivity index (χ4v) is 7.90. The minimum absolute atomic E-state index is 0.133. The number of hydrogen-bond donors (Lipinski definition) is 1. The van der Waals surface area contributed by atoms with Crippen molar-refractivity contribution in [3.63, 3.8) is 0 Å². The van der Waals surface area contributed by atoms with E-state index in [0.29, 0.717) is 23.7 Å². The van der Waals surface area contributed by atoms with Gasteiger partial charge in [-0.2, -0.15) is 0 Å². The van der Waals surface area contributed by atoms with Crippen LogP contribution in [-0.4, -0.2) is 42.0 Å². The Kier molecular flexibility index (Phi) is 4.43. The number of carbonyl (C=O) groups excluding carboxylic acids is 1. The number of hydrogen-bond acceptors (Lipinski definition) is 3. The summed E-state index contributed by atoms with van der Waals surface area (Å²) in [4.78, 5) is 15.0. The lowest BCUT2D eigenvalue weighted by atomic mass is 9.47. The van der Waals surface area contributed by atoms with Crippen molar-refractivity contribution < 1.29 is 9.90 Å². The molecule has 0 radical (unpaired) electrons. The molecule has 0 aromatic heterocycles. The summed E-state index contributed by atoms with van der Waals surface area (Å²) in [5.74, 6) is 2.69. The summed E-state index contributed by atoms with van der Waals surface area (Å²) in [5.41, 5.74) is 1.98. The lowest BCUT2D eigenvalue weighted by Crippen LogP contribution is -2.51. The highest BCUT2D eigenvalue weighted by atomic mass is 16.3. The molecule has 1 N–H and O–H groups in total. The Morgan fingerprint density at radius 2 is 1.92 bits per heavy atom. The van der Waals surface area contributed by atoms with E-state index in [1.807, 2.05) is 6.92 Å². The van der Waals surface area contributed by atoms with Crippen molar-refractivity contribution in [1.82, 2.24) is 4.90 Å². The summed E-state index contributed by atoms with van der Waals surface area (Å²) < 4.78 is 0. The van der Waals surface area contributed by atoms with E-state index in [2.05, 4.69) is 38.9 Å². The smallest absolute Gasteiger partial charge is 0.135 e. The number of fused-ring (bicyclic) bond motifs is 5. The van der Waals surface area contributed by atoms with Crippen LogP contribution in [0.1, 0.15) is 65.7 Å². The Balaban J connectivity index is 1.69. The van der Waals surface area contributed by atoms with Crippen LogP contribution in [0, 0.1) is 34.5 Å². The van der Waals surface area contributed by atoms with Crippen LogP contribution in [0.3, 0.4) is 0 Å². The van der Waals surface area contributed by atoms with Gasteiger partial charge in [0.15, 0.2) is 0 Å². The lowest BCUT2D eigenvalue weighted by molar-refractivity contribution is -0.129. The van der Waals surface area contributed by atoms with Crippen molar-refractivity contribution in [3.8, 4) is 0 Å². The fraction of sp³-hybridized carbons (Fsp3) is 0.870. The molecule has 3 nitrogen and oxygen atoms in total. The molecule has 3 fully saturated rings. The van der Waals surface area contributed by atoms with Gasteiger partial charge in [0.2, 0.25) is 0 Å². The first-order chi connectivity index (χ1) is 12.2. The van der Waals surface area contributed by atoms with Crippen molar-refractivity contribution in [2.75, 3.05) is 14.1 Å². The van der Waals surface area contributed by atoms with E-state index in [1.165, 1.54) is 24.8 Å². The van der Waals surface area contributed by atoms with Crippen molar-refractivity contribution in [2.24, 2.45) is 34.5 Å². The summed E-state index contributed by atoms with van der Waals surface area (Å²) in [5, 5.41) is 10.2. The van der Waals surface area contributed by atoms with Crippen molar-refractivity contribution in [1.29, 1.82) is 0 Å². The maximum Gasteiger partial charge on any atom is 0.135 e. The van der Waals surface area contributed by atoms with Crippen LogP contribution in [0.5, 0.6) is 0 Å². The van der Waals surface area contributed by atoms with Crippen LogP contribution in [0.4, 0.5) is 0 Å². The highest BCUT2D eigenvalue weighted by molar-refractivity contribution is 5.80. The number of carbonyl (C=O) groups is 1. The van der Waals surface area contributed by atoms with Gasteiger partial charge >= 0.3 is 0 Å². The summed E-state index contributed by atoms with van der Waals surface area (Å²) >= 11 is 0. The molecule has 0 bridgehead atoms. The van der Waals surface area contributed by atoms with Gasteiger partial charge in [-0.1, -0.05) is 25.5 Å². The molecule has 146 valence electrons. The maximum absolute atomic E-state index is 12.6. The van der Waals surface area contributed by atoms with Crippen molar-refractivity contribution in [2.45, 2.75) is 77.9 Å². The van der Waals surface area contributed by atoms with Crippen LogP contribution in [0.15, 0.2) is 11.6 Å². The number of ketones is 1. The number of aliphatic hydroxyl groups is 1. The molecule has 3 heteroatoms. The Morgan fingerprint density at radius 1 is 1.19 bits per heavy atom. The van der Waals surface area contributed by atoms with Gasteiger partial charge in [0, 0.05) is 12.0 Å². The third-order valence-electron chi connectivity index (χ3n) is 9.21. The van der Waals surface area contributed by atoms with Crippen LogP contribution < -0.4 is 0 Å². The van der Waals surface area contributed by atoms with Gasteiger partial charge in [0.05, 0.1) is 6.10 Å². The topological polar surface area (TPSA) is 40.5 Å². The fourth-order valence-electron chi connectivity index (χ4n) is 7.90. The quantitative estimate of drug-likeness (QED) is 0.756. The van der Waals surface area contributed by atoms with Gasteiger partial charge in [0.25, 0.3) is 0 Å². The van der Waals surface area contributed by atoms with E-state index in [1.54, 1.807) is 0 Å². The molecule has 0 saturated heterocycles. The highest BCUT2D eigenvalue weighted by Gasteiger charge is 2.62. The molecule has 0 heterocycles. The Morgan fingerprint density at radius 3 is 2.58 bits per heavy atom. The summed E-state index contributed by atoms with van der Waals surface area (Å²) in [6, 6.07) is 0.396. The molecule has 26 heavy (non-hydrogen) atoms. The second kappa shape index (κ2) is 6.17. The first-order valence-corrected chi connectivity index (χ1v) is 10.7. The van der Waals surface area contributed by atoms with E-state index in [0.717, 1.165) is 31.6 Å². The zero-order valence-corrected chi connectivity index (χ0v) is 17.3. The Bertz CT molecular complexity index is 626. The third kappa shape index (κ3) is 2.49. The predicted octanol–water partition coefficient (Wildman–Crippen LogP) is 4.06. The minimum atomic E-state index is -0.133. The molecule has 0 spiro atoms. The van der Waals surface area contributed by atoms with Crippen LogP contribution in [0.25, 0.3) is 0 Å². The molecule has 0 aromatic rings. The van der Waals surface area contributed by atoms with E-state index in [9.17, 15) is 9.90 Å². The molecule has 8 atom stereocenters. The van der Waals surface area contributed by atoms with E-state index < -0.39 is 0 Å². The highest BCUT2D eigenvalue weighted by Crippen LogP contribution is 2.66. The summed E-state index contributed by atoms with van der Waals surface area (Å²) in [7, 11) is 4.31. The molecule has 3 saturated carbocycles. The molecule has 0 aliphatic heterocycles. The molecular weight excluding hydrogens is 322 g/mol. The van der Waals surface area contributed by atoms with Gasteiger partial charge in [0.1, 0.15) is 5.78 Å². The second-order valence-electron chi connectivity index (χ2n) is 10.6. The summed E-state index contributed by atoms with van der Waals surface area (Å²) in [6.45, 7) is 6.73. The zero-order valence-electron chi connectivity index (χ0n) is 17.3. The number of Topliss-reactive ketones (excluding diaryl/α,β-unsaturated/α-hetero) is 1. The van der Waals surface area contributed by atoms with Gasteiger partial charge in [-0.25, -0.2) is 0 Å². The van der Waals surface area contributed by atoms with E-state index >= 15 is 0 Å². The monoisotopic (exact) mass is 359 g/mol. The van der Waals surface area contributed by atoms with Crippen LogP contribution in [0.2, 0.25) is 0 Å². The average molecular weight is 360 g/mol. The SMILES string of the molecule is CC(=O)[C@H]1[C@H](N(C)C)C[C@@H]2[C@H]3CC=C4C[C@@H](O)CC[C@]4(C)[C@@H]3CC[C@@]21C. The van der Waals surface area contributed by atoms with Gasteiger partial charge in [-0.3, -0.25) is 4.79 Å².